The summed E-state index contributed by atoms with van der Waals surface area (Å²) in [7, 11) is 1.59. The molecule has 27 heavy (non-hydrogen) atoms. The molecule has 3 rings (SSSR count). The number of H-pyrrole nitrogens is 1. The third-order valence-electron chi connectivity index (χ3n) is 3.58. The number of aliphatic hydroxyl groups excluding tert-OH is 1. The van der Waals surface area contributed by atoms with E-state index in [0.717, 1.165) is 11.3 Å². The summed E-state index contributed by atoms with van der Waals surface area (Å²) in [6, 6.07) is 14.2. The zero-order valence-corrected chi connectivity index (χ0v) is 15.4. The quantitative estimate of drug-likeness (QED) is 0.423. The molecule has 0 aliphatic carbocycles. The van der Waals surface area contributed by atoms with E-state index in [-0.39, 0.29) is 11.7 Å². The Labute approximate surface area is 160 Å². The van der Waals surface area contributed by atoms with Crippen molar-refractivity contribution in [2.24, 2.45) is 0 Å². The number of ether oxygens (including phenoxy) is 1. The van der Waals surface area contributed by atoms with Crippen LogP contribution in [0.3, 0.4) is 0 Å². The molecule has 0 unspecified atom stereocenters. The van der Waals surface area contributed by atoms with Crippen molar-refractivity contribution in [2.45, 2.75) is 5.16 Å². The van der Waals surface area contributed by atoms with E-state index in [0.29, 0.717) is 28.0 Å². The molecular weight excluding hydrogens is 364 g/mol. The van der Waals surface area contributed by atoms with Crippen LogP contribution in [0.1, 0.15) is 10.4 Å². The number of rotatable bonds is 7. The average Bonchev–Trinajstić information content (AvgIpc) is 3.16. The largest absolute Gasteiger partial charge is 0.512 e. The van der Waals surface area contributed by atoms with Crippen LogP contribution in [0.4, 0.5) is 5.69 Å². The third kappa shape index (κ3) is 4.89. The van der Waals surface area contributed by atoms with E-state index in [2.05, 4.69) is 27.1 Å². The van der Waals surface area contributed by atoms with Crippen molar-refractivity contribution >= 4 is 23.4 Å². The number of benzene rings is 2. The highest BCUT2D eigenvalue weighted by atomic mass is 32.2. The van der Waals surface area contributed by atoms with Crippen LogP contribution in [-0.4, -0.2) is 39.1 Å². The maximum atomic E-state index is 12.5. The van der Waals surface area contributed by atoms with Crippen molar-refractivity contribution in [3.63, 3.8) is 0 Å². The number of hydrogen-bond acceptors (Lipinski definition) is 6. The highest BCUT2D eigenvalue weighted by molar-refractivity contribution is 7.99. The molecule has 0 radical (unpaired) electrons. The molecule has 7 nitrogen and oxygen atoms in total. The topological polar surface area (TPSA) is 100 Å². The number of carbonyl (C=O) groups is 1. The summed E-state index contributed by atoms with van der Waals surface area (Å²) >= 11 is 1.27. The first-order chi connectivity index (χ1) is 13.0. The Hall–Kier alpha value is -3.26. The Morgan fingerprint density at radius 3 is 2.78 bits per heavy atom. The van der Waals surface area contributed by atoms with Crippen LogP contribution in [0.15, 0.2) is 66.0 Å². The Kier molecular flexibility index (Phi) is 5.77. The van der Waals surface area contributed by atoms with Crippen LogP contribution in [0, 0.1) is 0 Å². The van der Waals surface area contributed by atoms with Gasteiger partial charge in [-0.25, -0.2) is 4.98 Å². The van der Waals surface area contributed by atoms with Gasteiger partial charge in [0.1, 0.15) is 5.75 Å². The number of nitrogens with zero attached hydrogens (tertiary/aromatic N) is 2. The first kappa shape index (κ1) is 18.5. The van der Waals surface area contributed by atoms with Gasteiger partial charge in [-0.2, -0.15) is 0 Å². The van der Waals surface area contributed by atoms with Gasteiger partial charge >= 0.3 is 0 Å². The van der Waals surface area contributed by atoms with Crippen LogP contribution in [0.5, 0.6) is 5.75 Å². The number of methoxy groups -OCH3 is 1. The lowest BCUT2D eigenvalue weighted by atomic mass is 10.1. The Balaban J connectivity index is 1.72. The lowest BCUT2D eigenvalue weighted by Crippen LogP contribution is -2.11. The van der Waals surface area contributed by atoms with Gasteiger partial charge in [-0.15, -0.1) is 5.10 Å². The van der Waals surface area contributed by atoms with Crippen LogP contribution >= 0.6 is 11.8 Å². The zero-order valence-electron chi connectivity index (χ0n) is 14.6. The van der Waals surface area contributed by atoms with Crippen LogP contribution in [0.25, 0.3) is 11.4 Å². The minimum atomic E-state index is -0.229. The minimum absolute atomic E-state index is 0.0588. The summed E-state index contributed by atoms with van der Waals surface area (Å²) < 4.78 is 5.11. The van der Waals surface area contributed by atoms with Crippen LogP contribution < -0.4 is 10.1 Å². The zero-order chi connectivity index (χ0) is 19.2. The van der Waals surface area contributed by atoms with Gasteiger partial charge in [-0.05, 0) is 36.4 Å². The summed E-state index contributed by atoms with van der Waals surface area (Å²) in [4.78, 5) is 16.9. The minimum Gasteiger partial charge on any atom is -0.512 e. The van der Waals surface area contributed by atoms with Gasteiger partial charge in [-0.1, -0.05) is 30.5 Å². The number of nitrogens with one attached hydrogen (secondary N) is 2. The lowest BCUT2D eigenvalue weighted by molar-refractivity contribution is 0.102. The van der Waals surface area contributed by atoms with Crippen LogP contribution in [0.2, 0.25) is 0 Å². The molecule has 0 saturated heterocycles. The normalized spacial score (nSPS) is 10.4. The number of hydrogen-bond donors (Lipinski definition) is 3. The fourth-order valence-electron chi connectivity index (χ4n) is 2.27. The highest BCUT2D eigenvalue weighted by Gasteiger charge is 2.11. The van der Waals surface area contributed by atoms with E-state index in [1.54, 1.807) is 49.6 Å². The maximum absolute atomic E-state index is 12.5. The predicted octanol–water partition coefficient (Wildman–Crippen LogP) is 3.90. The molecular formula is C19H18N4O3S. The lowest BCUT2D eigenvalue weighted by Gasteiger charge is -2.07. The van der Waals surface area contributed by atoms with E-state index in [1.165, 1.54) is 11.8 Å². The second-order valence-electron chi connectivity index (χ2n) is 5.58. The summed E-state index contributed by atoms with van der Waals surface area (Å²) in [6.45, 7) is 3.43. The molecule has 1 aromatic heterocycles. The molecule has 138 valence electrons. The van der Waals surface area contributed by atoms with Gasteiger partial charge in [0, 0.05) is 16.8 Å². The van der Waals surface area contributed by atoms with Crippen molar-refractivity contribution in [2.75, 3.05) is 18.2 Å². The molecule has 0 fully saturated rings. The fraction of sp³-hybridized carbons (Fsp3) is 0.105. The second kappa shape index (κ2) is 8.41. The molecule has 0 saturated carbocycles. The Morgan fingerprint density at radius 2 is 2.07 bits per heavy atom. The van der Waals surface area contributed by atoms with Crippen LogP contribution in [-0.2, 0) is 0 Å². The molecule has 0 atom stereocenters. The Morgan fingerprint density at radius 1 is 1.30 bits per heavy atom. The molecule has 1 heterocycles. The van der Waals surface area contributed by atoms with Gasteiger partial charge in [0.15, 0.2) is 5.82 Å². The molecule has 0 spiro atoms. The number of carbonyl (C=O) groups excluding carboxylic acids is 1. The summed E-state index contributed by atoms with van der Waals surface area (Å²) in [5.74, 6) is 1.41. The number of anilines is 1. The summed E-state index contributed by atoms with van der Waals surface area (Å²) in [6.07, 6.45) is 0. The number of thioether (sulfide) groups is 1. The maximum Gasteiger partial charge on any atom is 0.255 e. The third-order valence-corrected chi connectivity index (χ3v) is 4.50. The summed E-state index contributed by atoms with van der Waals surface area (Å²) in [5, 5.41) is 19.4. The summed E-state index contributed by atoms with van der Waals surface area (Å²) in [5.41, 5.74) is 1.91. The smallest absolute Gasteiger partial charge is 0.255 e. The first-order valence-corrected chi connectivity index (χ1v) is 9.01. The van der Waals surface area contributed by atoms with Crippen molar-refractivity contribution in [1.29, 1.82) is 0 Å². The number of amides is 1. The molecule has 2 aromatic carbocycles. The molecule has 3 aromatic rings. The number of aliphatic hydroxyl groups is 1. The molecule has 1 amide bonds. The van der Waals surface area contributed by atoms with Gasteiger partial charge in [0.2, 0.25) is 5.16 Å². The van der Waals surface area contributed by atoms with E-state index in [9.17, 15) is 4.79 Å². The molecule has 8 heteroatoms. The highest BCUT2D eigenvalue weighted by Crippen LogP contribution is 2.22. The van der Waals surface area contributed by atoms with Crippen molar-refractivity contribution in [3.8, 4) is 17.1 Å². The van der Waals surface area contributed by atoms with E-state index >= 15 is 0 Å². The molecule has 0 aliphatic rings. The number of aromatic amines is 1. The van der Waals surface area contributed by atoms with Gasteiger partial charge in [0.25, 0.3) is 5.91 Å². The van der Waals surface area contributed by atoms with Crippen molar-refractivity contribution in [3.05, 3.63) is 66.4 Å². The number of aromatic nitrogens is 3. The fourth-order valence-corrected chi connectivity index (χ4v) is 2.84. The SMILES string of the molecule is C=C(O)CSc1n[nH]c(-c2cccc(C(=O)Nc3ccc(OC)cc3)c2)n1. The first-order valence-electron chi connectivity index (χ1n) is 8.03. The van der Waals surface area contributed by atoms with E-state index in [1.807, 2.05) is 6.07 Å². The molecule has 0 aliphatic heterocycles. The average molecular weight is 382 g/mol. The monoisotopic (exact) mass is 382 g/mol. The predicted molar refractivity (Wildman–Crippen MR) is 105 cm³/mol. The molecule has 0 bridgehead atoms. The van der Waals surface area contributed by atoms with E-state index in [4.69, 9.17) is 9.84 Å². The van der Waals surface area contributed by atoms with Gasteiger partial charge < -0.3 is 15.2 Å². The van der Waals surface area contributed by atoms with Crippen molar-refractivity contribution in [1.82, 2.24) is 15.2 Å². The van der Waals surface area contributed by atoms with Gasteiger partial charge in [-0.3, -0.25) is 9.89 Å². The Bertz CT molecular complexity index is 954. The second-order valence-corrected chi connectivity index (χ2v) is 6.53. The van der Waals surface area contributed by atoms with E-state index < -0.39 is 0 Å². The van der Waals surface area contributed by atoms with Crippen molar-refractivity contribution < 1.29 is 14.6 Å². The van der Waals surface area contributed by atoms with Gasteiger partial charge in [0.05, 0.1) is 18.6 Å². The standard InChI is InChI=1S/C19H18N4O3S/c1-12(24)11-27-19-21-17(22-23-19)13-4-3-5-14(10-13)18(25)20-15-6-8-16(26-2)9-7-15/h3-10,24H,1,11H2,2H3,(H,20,25)(H,21,22,23). The molecule has 3 N–H and O–H groups in total.